The molecule has 3 aromatic rings. The Hall–Kier alpha value is -1.05. The second kappa shape index (κ2) is 6.84. The highest BCUT2D eigenvalue weighted by atomic mass is 35.5. The molecule has 1 aliphatic heterocycles. The van der Waals surface area contributed by atoms with E-state index in [0.29, 0.717) is 33.4 Å². The number of nitrogens with two attached hydrogens (primary N) is 1. The minimum absolute atomic E-state index is 0.188. The highest BCUT2D eigenvalue weighted by molar-refractivity contribution is 7.98. The summed E-state index contributed by atoms with van der Waals surface area (Å²) in [7, 11) is 0. The van der Waals surface area contributed by atoms with Crippen molar-refractivity contribution in [2.24, 2.45) is 0 Å². The molecule has 0 saturated heterocycles. The molecule has 0 fully saturated rings. The van der Waals surface area contributed by atoms with Crippen LogP contribution in [-0.2, 0) is 23.5 Å². The Labute approximate surface area is 170 Å². The molecule has 3 heterocycles. The van der Waals surface area contributed by atoms with Crippen LogP contribution in [0.5, 0.6) is 0 Å². The van der Waals surface area contributed by atoms with E-state index in [1.165, 1.54) is 22.2 Å². The van der Waals surface area contributed by atoms with E-state index in [9.17, 15) is 0 Å². The number of nitrogens with zero attached hydrogens (tertiary/aromatic N) is 2. The average Bonchev–Trinajstić information content (AvgIpc) is 2.91. The Kier molecular flexibility index (Phi) is 4.82. The lowest BCUT2D eigenvalue weighted by Crippen LogP contribution is -2.31. The Bertz CT molecular complexity index is 1000. The van der Waals surface area contributed by atoms with Gasteiger partial charge in [-0.3, -0.25) is 0 Å². The predicted molar refractivity (Wildman–Crippen MR) is 110 cm³/mol. The molecule has 2 N–H and O–H groups in total. The third-order valence-electron chi connectivity index (χ3n) is 4.31. The number of thioether (sulfide) groups is 1. The summed E-state index contributed by atoms with van der Waals surface area (Å²) >= 11 is 15.3. The molecule has 136 valence electrons. The van der Waals surface area contributed by atoms with Crippen molar-refractivity contribution >= 4 is 62.3 Å². The molecular formula is C18H17Cl2N3OS2. The van der Waals surface area contributed by atoms with Crippen molar-refractivity contribution in [2.45, 2.75) is 43.4 Å². The van der Waals surface area contributed by atoms with E-state index in [0.717, 1.165) is 22.2 Å². The van der Waals surface area contributed by atoms with E-state index in [1.54, 1.807) is 17.4 Å². The summed E-state index contributed by atoms with van der Waals surface area (Å²) in [4.78, 5) is 11.4. The normalized spacial score (nSPS) is 16.0. The van der Waals surface area contributed by atoms with Gasteiger partial charge in [-0.05, 0) is 37.1 Å². The largest absolute Gasteiger partial charge is 0.383 e. The Morgan fingerprint density at radius 1 is 1.31 bits per heavy atom. The van der Waals surface area contributed by atoms with Crippen molar-refractivity contribution in [3.05, 3.63) is 44.2 Å². The summed E-state index contributed by atoms with van der Waals surface area (Å²) in [5.74, 6) is 1.19. The first-order chi connectivity index (χ1) is 12.3. The molecule has 1 aliphatic rings. The molecule has 0 atom stereocenters. The van der Waals surface area contributed by atoms with E-state index >= 15 is 0 Å². The van der Waals surface area contributed by atoms with Crippen LogP contribution in [0.1, 0.15) is 29.9 Å². The van der Waals surface area contributed by atoms with Gasteiger partial charge in [-0.1, -0.05) is 41.0 Å². The van der Waals surface area contributed by atoms with Crippen molar-refractivity contribution in [2.75, 3.05) is 5.73 Å². The number of rotatable bonds is 3. The first kappa shape index (κ1) is 18.3. The van der Waals surface area contributed by atoms with Crippen LogP contribution in [0.3, 0.4) is 0 Å². The van der Waals surface area contributed by atoms with E-state index < -0.39 is 0 Å². The SMILES string of the molecule is CC1(C)Cc2c(sc3nc(SCc4ccc(Cl)cc4Cl)nc(N)c23)CO1. The zero-order valence-corrected chi connectivity index (χ0v) is 17.5. The summed E-state index contributed by atoms with van der Waals surface area (Å²) in [6, 6.07) is 5.49. The molecule has 0 spiro atoms. The minimum atomic E-state index is -0.188. The number of nitrogen functional groups attached to an aromatic ring is 1. The molecule has 4 nitrogen and oxygen atoms in total. The summed E-state index contributed by atoms with van der Waals surface area (Å²) in [5, 5.41) is 2.90. The molecule has 0 bridgehead atoms. The lowest BCUT2D eigenvalue weighted by atomic mass is 9.94. The van der Waals surface area contributed by atoms with E-state index in [2.05, 4.69) is 18.8 Å². The third-order valence-corrected chi connectivity index (χ3v) is 6.89. The molecule has 0 saturated carbocycles. The molecule has 1 aromatic carbocycles. The number of hydrogen-bond donors (Lipinski definition) is 1. The van der Waals surface area contributed by atoms with Gasteiger partial charge in [0.05, 0.1) is 17.6 Å². The molecular weight excluding hydrogens is 409 g/mol. The van der Waals surface area contributed by atoms with Crippen LogP contribution in [0, 0.1) is 0 Å². The Morgan fingerprint density at radius 3 is 2.88 bits per heavy atom. The zero-order chi connectivity index (χ0) is 18.5. The van der Waals surface area contributed by atoms with Crippen LogP contribution < -0.4 is 5.73 Å². The lowest BCUT2D eigenvalue weighted by molar-refractivity contribution is -0.0379. The van der Waals surface area contributed by atoms with Crippen molar-refractivity contribution < 1.29 is 4.74 Å². The van der Waals surface area contributed by atoms with Gasteiger partial charge in [0.2, 0.25) is 0 Å². The number of ether oxygens (including phenoxy) is 1. The van der Waals surface area contributed by atoms with Crippen molar-refractivity contribution in [1.29, 1.82) is 0 Å². The van der Waals surface area contributed by atoms with Crippen LogP contribution in [-0.4, -0.2) is 15.6 Å². The van der Waals surface area contributed by atoms with Crippen molar-refractivity contribution in [3.63, 3.8) is 0 Å². The highest BCUT2D eigenvalue weighted by Gasteiger charge is 2.30. The second-order valence-corrected chi connectivity index (χ2v) is 9.69. The molecule has 0 aliphatic carbocycles. The summed E-state index contributed by atoms with van der Waals surface area (Å²) in [6.07, 6.45) is 0.822. The van der Waals surface area contributed by atoms with E-state index in [4.69, 9.17) is 38.7 Å². The van der Waals surface area contributed by atoms with Gasteiger partial charge in [0.25, 0.3) is 0 Å². The monoisotopic (exact) mass is 425 g/mol. The fourth-order valence-electron chi connectivity index (χ4n) is 3.00. The highest BCUT2D eigenvalue weighted by Crippen LogP contribution is 2.41. The van der Waals surface area contributed by atoms with Crippen LogP contribution in [0.15, 0.2) is 23.4 Å². The van der Waals surface area contributed by atoms with E-state index in [-0.39, 0.29) is 5.60 Å². The molecule has 0 amide bonds. The molecule has 4 rings (SSSR count). The van der Waals surface area contributed by atoms with Crippen LogP contribution >= 0.6 is 46.3 Å². The number of halogens is 2. The van der Waals surface area contributed by atoms with Gasteiger partial charge in [0, 0.05) is 27.1 Å². The minimum Gasteiger partial charge on any atom is -0.383 e. The first-order valence-corrected chi connectivity index (χ1v) is 10.7. The van der Waals surface area contributed by atoms with Gasteiger partial charge in [0.1, 0.15) is 10.6 Å². The van der Waals surface area contributed by atoms with Gasteiger partial charge in [-0.2, -0.15) is 0 Å². The first-order valence-electron chi connectivity index (χ1n) is 8.11. The van der Waals surface area contributed by atoms with E-state index in [1.807, 2.05) is 12.1 Å². The third kappa shape index (κ3) is 3.53. The van der Waals surface area contributed by atoms with Crippen LogP contribution in [0.25, 0.3) is 10.2 Å². The predicted octanol–water partition coefficient (Wildman–Crippen LogP) is 5.72. The van der Waals surface area contributed by atoms with Crippen molar-refractivity contribution in [1.82, 2.24) is 9.97 Å². The summed E-state index contributed by atoms with van der Waals surface area (Å²) < 4.78 is 5.91. The number of fused-ring (bicyclic) bond motifs is 3. The zero-order valence-electron chi connectivity index (χ0n) is 14.3. The fourth-order valence-corrected chi connectivity index (χ4v) is 5.58. The van der Waals surface area contributed by atoms with Gasteiger partial charge in [-0.15, -0.1) is 11.3 Å². The van der Waals surface area contributed by atoms with Gasteiger partial charge < -0.3 is 10.5 Å². The van der Waals surface area contributed by atoms with Crippen LogP contribution in [0.2, 0.25) is 10.0 Å². The number of anilines is 1. The fraction of sp³-hybridized carbons (Fsp3) is 0.333. The molecule has 8 heteroatoms. The lowest BCUT2D eigenvalue weighted by Gasteiger charge is -2.30. The van der Waals surface area contributed by atoms with Crippen LogP contribution in [0.4, 0.5) is 5.82 Å². The number of benzene rings is 1. The molecule has 0 radical (unpaired) electrons. The smallest absolute Gasteiger partial charge is 0.191 e. The molecule has 2 aromatic heterocycles. The Morgan fingerprint density at radius 2 is 2.12 bits per heavy atom. The molecule has 0 unspecified atom stereocenters. The van der Waals surface area contributed by atoms with Gasteiger partial charge in [-0.25, -0.2) is 9.97 Å². The molecule has 26 heavy (non-hydrogen) atoms. The number of hydrogen-bond acceptors (Lipinski definition) is 6. The van der Waals surface area contributed by atoms with Gasteiger partial charge in [0.15, 0.2) is 5.16 Å². The Balaban J connectivity index is 1.64. The van der Waals surface area contributed by atoms with Gasteiger partial charge >= 0.3 is 0 Å². The second-order valence-electron chi connectivity index (χ2n) is 6.82. The number of thiophene rings is 1. The average molecular weight is 426 g/mol. The maximum atomic E-state index is 6.29. The van der Waals surface area contributed by atoms with Crippen molar-refractivity contribution in [3.8, 4) is 0 Å². The maximum absolute atomic E-state index is 6.29. The maximum Gasteiger partial charge on any atom is 0.191 e. The summed E-state index contributed by atoms with van der Waals surface area (Å²) in [6.45, 7) is 4.79. The number of aromatic nitrogens is 2. The standard InChI is InChI=1S/C18H17Cl2N3OS2/c1-18(2)6-11-13(7-24-18)26-16-14(11)15(21)22-17(23-16)25-8-9-3-4-10(19)5-12(9)20/h3-5H,6-8H2,1-2H3,(H2,21,22,23). The topological polar surface area (TPSA) is 61.0 Å². The summed E-state index contributed by atoms with van der Waals surface area (Å²) in [5.41, 5.74) is 8.32. The quantitative estimate of drug-likeness (QED) is 0.429.